The number of anilines is 1. The van der Waals surface area contributed by atoms with Gasteiger partial charge in [-0.15, -0.1) is 0 Å². The number of carbonyl (C=O) groups is 2. The molecule has 2 amide bonds. The van der Waals surface area contributed by atoms with Crippen molar-refractivity contribution in [2.45, 2.75) is 24.7 Å². The normalized spacial score (nSPS) is 24.3. The average Bonchev–Trinajstić information content (AvgIpc) is 3.18. The maximum Gasteiger partial charge on any atom is 0.250 e. The molecule has 4 rings (SSSR count). The molecule has 2 aromatic rings. The highest BCUT2D eigenvalue weighted by Gasteiger charge is 2.61. The molecule has 1 saturated carbocycles. The Morgan fingerprint density at radius 3 is 2.65 bits per heavy atom. The third-order valence-corrected chi connectivity index (χ3v) is 5.24. The van der Waals surface area contributed by atoms with Crippen molar-refractivity contribution in [3.63, 3.8) is 0 Å². The Kier molecular flexibility index (Phi) is 3.01. The zero-order chi connectivity index (χ0) is 16.0. The van der Waals surface area contributed by atoms with Crippen LogP contribution in [0.25, 0.3) is 0 Å². The largest absolute Gasteiger partial charge is 0.366 e. The van der Waals surface area contributed by atoms with Crippen LogP contribution in [0.1, 0.15) is 34.3 Å². The van der Waals surface area contributed by atoms with Crippen LogP contribution < -0.4 is 11.1 Å². The van der Waals surface area contributed by atoms with Gasteiger partial charge in [-0.25, -0.2) is 0 Å². The summed E-state index contributed by atoms with van der Waals surface area (Å²) in [5, 5.41) is 2.90. The quantitative estimate of drug-likeness (QED) is 0.915. The van der Waals surface area contributed by atoms with Gasteiger partial charge in [0, 0.05) is 11.3 Å². The smallest absolute Gasteiger partial charge is 0.250 e. The van der Waals surface area contributed by atoms with Crippen molar-refractivity contribution in [3.05, 3.63) is 65.2 Å². The number of fused-ring (bicyclic) bond motifs is 2. The highest BCUT2D eigenvalue weighted by molar-refractivity contribution is 6.04. The molecule has 0 saturated heterocycles. The second-order valence-electron chi connectivity index (χ2n) is 6.47. The minimum atomic E-state index is -0.530. The summed E-state index contributed by atoms with van der Waals surface area (Å²) in [6.07, 6.45) is 2.95. The van der Waals surface area contributed by atoms with E-state index in [9.17, 15) is 9.59 Å². The third kappa shape index (κ3) is 2.13. The van der Waals surface area contributed by atoms with Crippen molar-refractivity contribution in [2.24, 2.45) is 11.7 Å². The molecule has 1 fully saturated rings. The fraction of sp³-hybridized carbons (Fsp3) is 0.263. The molecule has 4 heteroatoms. The van der Waals surface area contributed by atoms with Crippen molar-refractivity contribution >= 4 is 17.5 Å². The minimum absolute atomic E-state index is 0.00233. The predicted molar refractivity (Wildman–Crippen MR) is 88.1 cm³/mol. The minimum Gasteiger partial charge on any atom is -0.366 e. The average molecular weight is 306 g/mol. The van der Waals surface area contributed by atoms with Gasteiger partial charge in [-0.1, -0.05) is 36.4 Å². The standard InChI is InChI=1S/C19H18N2O2/c20-17(22)13-6-2-4-8-16(13)21-18(23)15-11-19(15)10-9-12-5-1-3-7-14(12)19/h1-8,15H,9-11H2,(H2,20,22)(H,21,23)/t15-,19+/m1/s1. The van der Waals surface area contributed by atoms with E-state index in [1.807, 2.05) is 6.07 Å². The number of rotatable bonds is 3. The lowest BCUT2D eigenvalue weighted by Crippen LogP contribution is -2.22. The summed E-state index contributed by atoms with van der Waals surface area (Å²) in [5.74, 6) is -0.569. The van der Waals surface area contributed by atoms with Crippen molar-refractivity contribution in [2.75, 3.05) is 5.32 Å². The Morgan fingerprint density at radius 1 is 1.09 bits per heavy atom. The van der Waals surface area contributed by atoms with Crippen molar-refractivity contribution in [1.29, 1.82) is 0 Å². The van der Waals surface area contributed by atoms with Crippen molar-refractivity contribution < 1.29 is 9.59 Å². The van der Waals surface area contributed by atoms with Crippen LogP contribution in [-0.4, -0.2) is 11.8 Å². The topological polar surface area (TPSA) is 72.2 Å². The van der Waals surface area contributed by atoms with E-state index in [1.165, 1.54) is 11.1 Å². The highest BCUT2D eigenvalue weighted by Crippen LogP contribution is 2.61. The van der Waals surface area contributed by atoms with Gasteiger partial charge in [0.2, 0.25) is 5.91 Å². The lowest BCUT2D eigenvalue weighted by Gasteiger charge is -2.13. The molecule has 3 N–H and O–H groups in total. The maximum absolute atomic E-state index is 12.7. The number of aryl methyl sites for hydroxylation is 1. The van der Waals surface area contributed by atoms with E-state index in [0.717, 1.165) is 19.3 Å². The number of nitrogens with two attached hydrogens (primary N) is 1. The molecule has 116 valence electrons. The molecule has 2 atom stereocenters. The van der Waals surface area contributed by atoms with Crippen molar-refractivity contribution in [3.8, 4) is 0 Å². The number of para-hydroxylation sites is 1. The summed E-state index contributed by atoms with van der Waals surface area (Å²) in [7, 11) is 0. The summed E-state index contributed by atoms with van der Waals surface area (Å²) >= 11 is 0. The molecule has 2 aliphatic rings. The fourth-order valence-corrected chi connectivity index (χ4v) is 3.97. The number of carbonyl (C=O) groups excluding carboxylic acids is 2. The number of hydrogen-bond acceptors (Lipinski definition) is 2. The maximum atomic E-state index is 12.7. The van der Waals surface area contributed by atoms with E-state index in [4.69, 9.17) is 5.73 Å². The number of benzene rings is 2. The van der Waals surface area contributed by atoms with E-state index in [1.54, 1.807) is 24.3 Å². The van der Waals surface area contributed by atoms with Crippen LogP contribution in [0.4, 0.5) is 5.69 Å². The molecular formula is C19H18N2O2. The first-order valence-electron chi connectivity index (χ1n) is 7.90. The van der Waals surface area contributed by atoms with Gasteiger partial charge in [-0.2, -0.15) is 0 Å². The summed E-state index contributed by atoms with van der Waals surface area (Å²) in [6.45, 7) is 0. The van der Waals surface area contributed by atoms with Crippen LogP contribution in [0, 0.1) is 5.92 Å². The number of primary amides is 1. The summed E-state index contributed by atoms with van der Waals surface area (Å²) in [4.78, 5) is 24.1. The number of amides is 2. The van der Waals surface area contributed by atoms with Crippen LogP contribution in [0.2, 0.25) is 0 Å². The van der Waals surface area contributed by atoms with Crippen LogP contribution in [-0.2, 0) is 16.6 Å². The molecule has 0 heterocycles. The van der Waals surface area contributed by atoms with Crippen LogP contribution in [0.5, 0.6) is 0 Å². The molecular weight excluding hydrogens is 288 g/mol. The third-order valence-electron chi connectivity index (χ3n) is 5.24. The van der Waals surface area contributed by atoms with Gasteiger partial charge in [0.25, 0.3) is 5.91 Å². The molecule has 0 aromatic heterocycles. The summed E-state index contributed by atoms with van der Waals surface area (Å²) in [6, 6.07) is 15.3. The molecule has 23 heavy (non-hydrogen) atoms. The molecule has 2 aromatic carbocycles. The van der Waals surface area contributed by atoms with Crippen LogP contribution in [0.3, 0.4) is 0 Å². The Balaban J connectivity index is 1.56. The lowest BCUT2D eigenvalue weighted by molar-refractivity contribution is -0.117. The monoisotopic (exact) mass is 306 g/mol. The fourth-order valence-electron chi connectivity index (χ4n) is 3.97. The highest BCUT2D eigenvalue weighted by atomic mass is 16.2. The first-order valence-corrected chi connectivity index (χ1v) is 7.90. The Hall–Kier alpha value is -2.62. The van der Waals surface area contributed by atoms with E-state index in [2.05, 4.69) is 23.5 Å². The summed E-state index contributed by atoms with van der Waals surface area (Å²) in [5.41, 5.74) is 8.90. The van der Waals surface area contributed by atoms with Gasteiger partial charge < -0.3 is 11.1 Å². The molecule has 4 nitrogen and oxygen atoms in total. The molecule has 1 spiro atoms. The Labute approximate surface area is 134 Å². The second-order valence-corrected chi connectivity index (χ2v) is 6.47. The molecule has 0 aliphatic heterocycles. The van der Waals surface area contributed by atoms with Crippen LogP contribution in [0.15, 0.2) is 48.5 Å². The second kappa shape index (κ2) is 4.95. The summed E-state index contributed by atoms with van der Waals surface area (Å²) < 4.78 is 0. The number of hydrogen-bond donors (Lipinski definition) is 2. The van der Waals surface area contributed by atoms with Gasteiger partial charge in [0.05, 0.1) is 11.3 Å². The van der Waals surface area contributed by atoms with E-state index >= 15 is 0 Å². The van der Waals surface area contributed by atoms with Gasteiger partial charge in [-0.3, -0.25) is 9.59 Å². The van der Waals surface area contributed by atoms with E-state index in [0.29, 0.717) is 11.3 Å². The van der Waals surface area contributed by atoms with Gasteiger partial charge in [0.1, 0.15) is 0 Å². The van der Waals surface area contributed by atoms with Gasteiger partial charge in [0.15, 0.2) is 0 Å². The Bertz CT molecular complexity index is 815. The number of nitrogens with one attached hydrogen (secondary N) is 1. The zero-order valence-corrected chi connectivity index (χ0v) is 12.7. The zero-order valence-electron chi connectivity index (χ0n) is 12.7. The molecule has 0 radical (unpaired) electrons. The molecule has 0 unspecified atom stereocenters. The van der Waals surface area contributed by atoms with E-state index < -0.39 is 5.91 Å². The Morgan fingerprint density at radius 2 is 1.83 bits per heavy atom. The SMILES string of the molecule is NC(=O)c1ccccc1NC(=O)[C@H]1C[C@]12CCc1ccccc12. The van der Waals surface area contributed by atoms with Crippen LogP contribution >= 0.6 is 0 Å². The van der Waals surface area contributed by atoms with Gasteiger partial charge in [-0.05, 0) is 42.5 Å². The van der Waals surface area contributed by atoms with Crippen molar-refractivity contribution in [1.82, 2.24) is 0 Å². The lowest BCUT2D eigenvalue weighted by atomic mass is 9.95. The first-order chi connectivity index (χ1) is 11.1. The van der Waals surface area contributed by atoms with Gasteiger partial charge >= 0.3 is 0 Å². The predicted octanol–water partition coefficient (Wildman–Crippen LogP) is 2.63. The molecule has 0 bridgehead atoms. The van der Waals surface area contributed by atoms with E-state index in [-0.39, 0.29) is 17.2 Å². The molecule has 2 aliphatic carbocycles. The first kappa shape index (κ1) is 14.0.